The van der Waals surface area contributed by atoms with E-state index in [1.54, 1.807) is 0 Å². The van der Waals surface area contributed by atoms with Crippen molar-refractivity contribution in [2.75, 3.05) is 13.2 Å². The van der Waals surface area contributed by atoms with Gasteiger partial charge in [0, 0.05) is 25.0 Å². The van der Waals surface area contributed by atoms with Crippen LogP contribution in [0, 0.1) is 13.8 Å². The average molecular weight is 342 g/mol. The number of amides is 1. The Hall–Kier alpha value is -2.11. The number of nitrogens with one attached hydrogen (secondary N) is 1. The highest BCUT2D eigenvalue weighted by molar-refractivity contribution is 5.95. The molecule has 5 heteroatoms. The van der Waals surface area contributed by atoms with Crippen LogP contribution in [0.25, 0.3) is 0 Å². The van der Waals surface area contributed by atoms with Crippen molar-refractivity contribution in [1.29, 1.82) is 0 Å². The molecule has 0 spiro atoms. The molecule has 2 aromatic rings. The third-order valence-electron chi connectivity index (χ3n) is 4.94. The normalized spacial score (nSPS) is 20.4. The Morgan fingerprint density at radius 3 is 2.76 bits per heavy atom. The summed E-state index contributed by atoms with van der Waals surface area (Å²) in [5, 5.41) is 3.10. The first-order chi connectivity index (χ1) is 12.1. The maximum absolute atomic E-state index is 12.7. The zero-order valence-electron chi connectivity index (χ0n) is 15.1. The molecule has 3 rings (SSSR count). The van der Waals surface area contributed by atoms with Crippen LogP contribution in [0.4, 0.5) is 0 Å². The van der Waals surface area contributed by atoms with Gasteiger partial charge in [0.05, 0.1) is 30.9 Å². The van der Waals surface area contributed by atoms with Gasteiger partial charge in [-0.25, -0.2) is 0 Å². The van der Waals surface area contributed by atoms with Gasteiger partial charge in [0.1, 0.15) is 0 Å². The summed E-state index contributed by atoms with van der Waals surface area (Å²) in [6.07, 6.45) is 0.743. The smallest absolute Gasteiger partial charge is 0.253 e. The van der Waals surface area contributed by atoms with Gasteiger partial charge >= 0.3 is 0 Å². The molecule has 1 saturated heterocycles. The molecule has 1 aromatic heterocycles. The Bertz CT molecular complexity index is 724. The molecular formula is C20H26N2O3. The van der Waals surface area contributed by atoms with E-state index in [-0.39, 0.29) is 18.1 Å². The van der Waals surface area contributed by atoms with E-state index in [2.05, 4.69) is 5.32 Å². The summed E-state index contributed by atoms with van der Waals surface area (Å²) in [7, 11) is 1.97. The molecule has 0 bridgehead atoms. The number of ether oxygens (including phenoxy) is 2. The highest BCUT2D eigenvalue weighted by Crippen LogP contribution is 2.17. The maximum atomic E-state index is 12.7. The maximum Gasteiger partial charge on any atom is 0.253 e. The first kappa shape index (κ1) is 17.7. The van der Waals surface area contributed by atoms with Crippen molar-refractivity contribution in [2.24, 2.45) is 7.05 Å². The molecule has 1 fully saturated rings. The Balaban J connectivity index is 1.64. The zero-order chi connectivity index (χ0) is 17.8. The molecule has 1 aromatic carbocycles. The first-order valence-electron chi connectivity index (χ1n) is 8.73. The Morgan fingerprint density at radius 1 is 1.32 bits per heavy atom. The van der Waals surface area contributed by atoms with Crippen LogP contribution >= 0.6 is 0 Å². The predicted molar refractivity (Wildman–Crippen MR) is 96.6 cm³/mol. The molecule has 5 nitrogen and oxygen atoms in total. The van der Waals surface area contributed by atoms with Crippen LogP contribution in [-0.2, 0) is 23.1 Å². The van der Waals surface area contributed by atoms with Crippen molar-refractivity contribution in [3.05, 3.63) is 58.9 Å². The van der Waals surface area contributed by atoms with E-state index in [9.17, 15) is 4.79 Å². The van der Waals surface area contributed by atoms with Crippen LogP contribution in [0.3, 0.4) is 0 Å². The van der Waals surface area contributed by atoms with Crippen LogP contribution in [0.5, 0.6) is 0 Å². The molecule has 134 valence electrons. The second-order valence-electron chi connectivity index (χ2n) is 6.62. The quantitative estimate of drug-likeness (QED) is 0.909. The van der Waals surface area contributed by atoms with Crippen LogP contribution in [0.1, 0.15) is 33.7 Å². The van der Waals surface area contributed by atoms with E-state index in [0.717, 1.165) is 23.4 Å². The summed E-state index contributed by atoms with van der Waals surface area (Å²) >= 11 is 0. The zero-order valence-corrected chi connectivity index (χ0v) is 15.1. The van der Waals surface area contributed by atoms with E-state index >= 15 is 0 Å². The van der Waals surface area contributed by atoms with Gasteiger partial charge in [-0.3, -0.25) is 4.79 Å². The van der Waals surface area contributed by atoms with Gasteiger partial charge in [-0.1, -0.05) is 30.3 Å². The largest absolute Gasteiger partial charge is 0.379 e. The molecular weight excluding hydrogens is 316 g/mol. The van der Waals surface area contributed by atoms with E-state index in [0.29, 0.717) is 25.4 Å². The van der Waals surface area contributed by atoms with Gasteiger partial charge in [-0.05, 0) is 31.9 Å². The molecule has 1 aliphatic heterocycles. The fraction of sp³-hybridized carbons (Fsp3) is 0.450. The Labute approximate surface area is 148 Å². The third-order valence-corrected chi connectivity index (χ3v) is 4.94. The van der Waals surface area contributed by atoms with E-state index in [1.807, 2.05) is 61.9 Å². The summed E-state index contributed by atoms with van der Waals surface area (Å²) in [6.45, 7) is 5.65. The molecule has 0 aliphatic carbocycles. The molecule has 2 atom stereocenters. The highest BCUT2D eigenvalue weighted by atomic mass is 16.5. The van der Waals surface area contributed by atoms with Crippen molar-refractivity contribution in [3.8, 4) is 0 Å². The predicted octanol–water partition coefficient (Wildman–Crippen LogP) is 2.75. The number of aryl methyl sites for hydroxylation is 1. The third kappa shape index (κ3) is 4.11. The molecule has 25 heavy (non-hydrogen) atoms. The van der Waals surface area contributed by atoms with Gasteiger partial charge in [-0.15, -0.1) is 0 Å². The topological polar surface area (TPSA) is 52.5 Å². The highest BCUT2D eigenvalue weighted by Gasteiger charge is 2.29. The summed E-state index contributed by atoms with van der Waals surface area (Å²) in [6, 6.07) is 11.9. The Morgan fingerprint density at radius 2 is 2.08 bits per heavy atom. The fourth-order valence-corrected chi connectivity index (χ4v) is 3.16. The van der Waals surface area contributed by atoms with Crippen molar-refractivity contribution >= 4 is 5.91 Å². The lowest BCUT2D eigenvalue weighted by Crippen LogP contribution is -2.50. The molecule has 0 saturated carbocycles. The van der Waals surface area contributed by atoms with Gasteiger partial charge in [-0.2, -0.15) is 0 Å². The minimum Gasteiger partial charge on any atom is -0.379 e. The fourth-order valence-electron chi connectivity index (χ4n) is 3.16. The molecule has 0 unspecified atom stereocenters. The minimum absolute atomic E-state index is 0.0389. The Kier molecular flexibility index (Phi) is 5.56. The van der Waals surface area contributed by atoms with Crippen LogP contribution < -0.4 is 5.32 Å². The lowest BCUT2D eigenvalue weighted by atomic mass is 10.1. The molecule has 1 N–H and O–H groups in total. The summed E-state index contributed by atoms with van der Waals surface area (Å²) in [4.78, 5) is 12.7. The molecule has 1 aliphatic rings. The lowest BCUT2D eigenvalue weighted by molar-refractivity contribution is -0.0605. The van der Waals surface area contributed by atoms with Gasteiger partial charge in [0.2, 0.25) is 0 Å². The lowest BCUT2D eigenvalue weighted by Gasteiger charge is -2.32. The van der Waals surface area contributed by atoms with Crippen molar-refractivity contribution in [3.63, 3.8) is 0 Å². The van der Waals surface area contributed by atoms with Crippen molar-refractivity contribution in [1.82, 2.24) is 9.88 Å². The van der Waals surface area contributed by atoms with E-state index < -0.39 is 0 Å². The second-order valence-corrected chi connectivity index (χ2v) is 6.62. The van der Waals surface area contributed by atoms with Gasteiger partial charge < -0.3 is 19.4 Å². The summed E-state index contributed by atoms with van der Waals surface area (Å²) in [5.74, 6) is -0.0648. The number of hydrogen-bond acceptors (Lipinski definition) is 3. The molecule has 0 radical (unpaired) electrons. The summed E-state index contributed by atoms with van der Waals surface area (Å²) in [5.41, 5.74) is 3.88. The monoisotopic (exact) mass is 342 g/mol. The number of benzene rings is 1. The standard InChI is InChI=1S/C20H26N2O3/c1-14-11-17(15(2)22(14)3)20(23)21-18-13-24-10-9-19(18)25-12-16-7-5-4-6-8-16/h4-8,11,18-19H,9-10,12-13H2,1-3H3,(H,21,23)/t18-,19+/m1/s1. The van der Waals surface area contributed by atoms with E-state index in [4.69, 9.17) is 9.47 Å². The molecule has 1 amide bonds. The second kappa shape index (κ2) is 7.85. The van der Waals surface area contributed by atoms with Crippen LogP contribution in [0.2, 0.25) is 0 Å². The van der Waals surface area contributed by atoms with Crippen LogP contribution in [-0.4, -0.2) is 35.8 Å². The van der Waals surface area contributed by atoms with E-state index in [1.165, 1.54) is 0 Å². The van der Waals surface area contributed by atoms with Crippen molar-refractivity contribution < 1.29 is 14.3 Å². The minimum atomic E-state index is -0.134. The van der Waals surface area contributed by atoms with Gasteiger partial charge in [0.15, 0.2) is 0 Å². The number of nitrogens with zero attached hydrogens (tertiary/aromatic N) is 1. The number of aromatic nitrogens is 1. The number of carbonyl (C=O) groups is 1. The number of hydrogen-bond donors (Lipinski definition) is 1. The number of rotatable bonds is 5. The summed E-state index contributed by atoms with van der Waals surface area (Å²) < 4.78 is 13.7. The SMILES string of the molecule is Cc1cc(C(=O)N[C@@H]2COCC[C@@H]2OCc2ccccc2)c(C)n1C. The van der Waals surface area contributed by atoms with Crippen molar-refractivity contribution in [2.45, 2.75) is 39.0 Å². The number of carbonyl (C=O) groups excluding carboxylic acids is 1. The first-order valence-corrected chi connectivity index (χ1v) is 8.73. The van der Waals surface area contributed by atoms with Crippen LogP contribution in [0.15, 0.2) is 36.4 Å². The van der Waals surface area contributed by atoms with Gasteiger partial charge in [0.25, 0.3) is 5.91 Å². The average Bonchev–Trinajstić information content (AvgIpc) is 2.89. The molecule has 2 heterocycles.